The van der Waals surface area contributed by atoms with Gasteiger partial charge in [-0.05, 0) is 43.0 Å². The lowest BCUT2D eigenvalue weighted by molar-refractivity contribution is -0.120. The van der Waals surface area contributed by atoms with Gasteiger partial charge in [-0.15, -0.1) is 0 Å². The van der Waals surface area contributed by atoms with E-state index in [2.05, 4.69) is 45.6 Å². The molecule has 1 heterocycles. The van der Waals surface area contributed by atoms with Gasteiger partial charge in [0, 0.05) is 43.5 Å². The Kier molecular flexibility index (Phi) is 8.53. The van der Waals surface area contributed by atoms with E-state index in [1.54, 1.807) is 12.1 Å². The van der Waals surface area contributed by atoms with E-state index in [9.17, 15) is 9.18 Å². The topological polar surface area (TPSA) is 58.1 Å². The Bertz CT molecular complexity index is 946. The molecular formula is C24H29FN4OS. The van der Waals surface area contributed by atoms with Gasteiger partial charge in [0.05, 0.1) is 0 Å². The van der Waals surface area contributed by atoms with E-state index >= 15 is 0 Å². The zero-order valence-electron chi connectivity index (χ0n) is 18.1. The second-order valence-electron chi connectivity index (χ2n) is 7.58. The number of carbonyl (C=O) groups excluding carboxylic acids is 1. The lowest BCUT2D eigenvalue weighted by Gasteiger charge is -2.27. The molecule has 1 unspecified atom stereocenters. The molecule has 164 valence electrons. The van der Waals surface area contributed by atoms with Crippen LogP contribution in [0.2, 0.25) is 0 Å². The first-order chi connectivity index (χ1) is 15.0. The minimum Gasteiger partial charge on any atom is -0.356 e. The number of hydrogen-bond acceptors (Lipinski definition) is 5. The van der Waals surface area contributed by atoms with E-state index in [1.165, 1.54) is 29.2 Å². The largest absolute Gasteiger partial charge is 0.356 e. The quantitative estimate of drug-likeness (QED) is 0.473. The SMILES string of the molecule is CCC(C)N(CCC(=O)NCCc1ccccc1)c1nc(Cc2ccc(F)cc2)ns1. The van der Waals surface area contributed by atoms with Gasteiger partial charge in [0.25, 0.3) is 0 Å². The van der Waals surface area contributed by atoms with E-state index in [-0.39, 0.29) is 17.8 Å². The summed E-state index contributed by atoms with van der Waals surface area (Å²) < 4.78 is 17.6. The molecule has 1 atom stereocenters. The van der Waals surface area contributed by atoms with Crippen molar-refractivity contribution in [2.45, 2.75) is 45.6 Å². The van der Waals surface area contributed by atoms with Gasteiger partial charge in [0.15, 0.2) is 0 Å². The highest BCUT2D eigenvalue weighted by atomic mass is 32.1. The van der Waals surface area contributed by atoms with Crippen molar-refractivity contribution in [2.75, 3.05) is 18.0 Å². The molecule has 7 heteroatoms. The van der Waals surface area contributed by atoms with Crippen molar-refractivity contribution in [2.24, 2.45) is 0 Å². The summed E-state index contributed by atoms with van der Waals surface area (Å²) in [5.41, 5.74) is 2.19. The fourth-order valence-electron chi connectivity index (χ4n) is 3.24. The van der Waals surface area contributed by atoms with E-state index in [1.807, 2.05) is 18.2 Å². The molecule has 1 N–H and O–H groups in total. The zero-order valence-corrected chi connectivity index (χ0v) is 18.9. The molecule has 1 aromatic heterocycles. The van der Waals surface area contributed by atoms with Crippen molar-refractivity contribution in [3.63, 3.8) is 0 Å². The Morgan fingerprint density at radius 2 is 1.87 bits per heavy atom. The first-order valence-electron chi connectivity index (χ1n) is 10.7. The number of nitrogens with zero attached hydrogens (tertiary/aromatic N) is 3. The normalized spacial score (nSPS) is 11.8. The highest BCUT2D eigenvalue weighted by Crippen LogP contribution is 2.22. The Balaban J connectivity index is 1.53. The van der Waals surface area contributed by atoms with E-state index < -0.39 is 0 Å². The number of aromatic nitrogens is 2. The van der Waals surface area contributed by atoms with Crippen LogP contribution in [0.25, 0.3) is 0 Å². The number of amides is 1. The summed E-state index contributed by atoms with van der Waals surface area (Å²) in [7, 11) is 0. The summed E-state index contributed by atoms with van der Waals surface area (Å²) in [6.45, 7) is 5.48. The maximum Gasteiger partial charge on any atom is 0.221 e. The molecular weight excluding hydrogens is 411 g/mol. The molecule has 0 aliphatic carbocycles. The highest BCUT2D eigenvalue weighted by Gasteiger charge is 2.19. The minimum atomic E-state index is -0.249. The molecule has 0 spiro atoms. The van der Waals surface area contributed by atoms with E-state index in [0.29, 0.717) is 31.8 Å². The Morgan fingerprint density at radius 1 is 1.13 bits per heavy atom. The minimum absolute atomic E-state index is 0.0419. The lowest BCUT2D eigenvalue weighted by Crippen LogP contribution is -2.37. The molecule has 0 saturated carbocycles. The van der Waals surface area contributed by atoms with Crippen molar-refractivity contribution in [1.82, 2.24) is 14.7 Å². The lowest BCUT2D eigenvalue weighted by atomic mass is 10.1. The summed E-state index contributed by atoms with van der Waals surface area (Å²) in [6, 6.07) is 16.8. The smallest absolute Gasteiger partial charge is 0.221 e. The van der Waals surface area contributed by atoms with Crippen molar-refractivity contribution in [3.05, 3.63) is 77.4 Å². The van der Waals surface area contributed by atoms with Gasteiger partial charge in [-0.1, -0.05) is 49.4 Å². The van der Waals surface area contributed by atoms with E-state index in [0.717, 1.165) is 23.5 Å². The molecule has 0 aliphatic heterocycles. The molecule has 0 fully saturated rings. The second kappa shape index (κ2) is 11.6. The Hall–Kier alpha value is -2.80. The maximum atomic E-state index is 13.1. The molecule has 0 saturated heterocycles. The van der Waals surface area contributed by atoms with Crippen LogP contribution in [0, 0.1) is 5.82 Å². The number of hydrogen-bond donors (Lipinski definition) is 1. The number of carbonyl (C=O) groups is 1. The number of rotatable bonds is 11. The average Bonchev–Trinajstić information content (AvgIpc) is 3.24. The van der Waals surface area contributed by atoms with Crippen LogP contribution < -0.4 is 10.2 Å². The first-order valence-corrected chi connectivity index (χ1v) is 11.5. The van der Waals surface area contributed by atoms with Crippen LogP contribution in [0.5, 0.6) is 0 Å². The van der Waals surface area contributed by atoms with Crippen molar-refractivity contribution in [1.29, 1.82) is 0 Å². The fraction of sp³-hybridized carbons (Fsp3) is 0.375. The molecule has 0 bridgehead atoms. The summed E-state index contributed by atoms with van der Waals surface area (Å²) in [5, 5.41) is 3.83. The van der Waals surface area contributed by atoms with Crippen molar-refractivity contribution in [3.8, 4) is 0 Å². The Labute approximate surface area is 187 Å². The molecule has 1 amide bonds. The van der Waals surface area contributed by atoms with Crippen LogP contribution in [0.3, 0.4) is 0 Å². The van der Waals surface area contributed by atoms with Gasteiger partial charge in [0.1, 0.15) is 11.6 Å². The maximum absolute atomic E-state index is 13.1. The average molecular weight is 441 g/mol. The van der Waals surface area contributed by atoms with Crippen molar-refractivity contribution >= 4 is 22.6 Å². The molecule has 31 heavy (non-hydrogen) atoms. The standard InChI is InChI=1S/C24H29FN4OS/c1-3-18(2)29(16-14-23(30)26-15-13-19-7-5-4-6-8-19)24-27-22(28-31-24)17-20-9-11-21(25)12-10-20/h4-12,18H,3,13-17H2,1-2H3,(H,26,30). The molecule has 5 nitrogen and oxygen atoms in total. The molecule has 2 aromatic carbocycles. The van der Waals surface area contributed by atoms with Crippen LogP contribution >= 0.6 is 11.5 Å². The van der Waals surface area contributed by atoms with Gasteiger partial charge in [-0.25, -0.2) is 9.37 Å². The molecule has 3 rings (SSSR count). The Morgan fingerprint density at radius 3 is 2.58 bits per heavy atom. The predicted octanol–water partition coefficient (Wildman–Crippen LogP) is 4.62. The number of nitrogens with one attached hydrogen (secondary N) is 1. The van der Waals surface area contributed by atoms with Gasteiger partial charge < -0.3 is 10.2 Å². The summed E-state index contributed by atoms with van der Waals surface area (Å²) in [6.07, 6.45) is 2.74. The molecule has 0 aliphatic rings. The number of benzene rings is 2. The van der Waals surface area contributed by atoms with Gasteiger partial charge >= 0.3 is 0 Å². The first kappa shape index (κ1) is 22.9. The predicted molar refractivity (Wildman–Crippen MR) is 124 cm³/mol. The van der Waals surface area contributed by atoms with Gasteiger partial charge in [0.2, 0.25) is 11.0 Å². The summed E-state index contributed by atoms with van der Waals surface area (Å²) in [5.74, 6) is 0.508. The summed E-state index contributed by atoms with van der Waals surface area (Å²) >= 11 is 1.35. The van der Waals surface area contributed by atoms with Crippen LogP contribution in [0.4, 0.5) is 9.52 Å². The number of anilines is 1. The number of halogens is 1. The third kappa shape index (κ3) is 7.14. The molecule has 3 aromatic rings. The van der Waals surface area contributed by atoms with Crippen LogP contribution in [-0.4, -0.2) is 34.4 Å². The fourth-order valence-corrected chi connectivity index (χ4v) is 4.06. The van der Waals surface area contributed by atoms with Crippen LogP contribution in [-0.2, 0) is 17.6 Å². The summed E-state index contributed by atoms with van der Waals surface area (Å²) in [4.78, 5) is 19.2. The van der Waals surface area contributed by atoms with Gasteiger partial charge in [-0.2, -0.15) is 4.37 Å². The highest BCUT2D eigenvalue weighted by molar-refractivity contribution is 7.09. The van der Waals surface area contributed by atoms with Crippen molar-refractivity contribution < 1.29 is 9.18 Å². The molecule has 0 radical (unpaired) electrons. The van der Waals surface area contributed by atoms with E-state index in [4.69, 9.17) is 0 Å². The zero-order chi connectivity index (χ0) is 22.1. The third-order valence-corrected chi connectivity index (χ3v) is 6.05. The van der Waals surface area contributed by atoms with Crippen LogP contribution in [0.1, 0.15) is 43.6 Å². The monoisotopic (exact) mass is 440 g/mol. The van der Waals surface area contributed by atoms with Crippen LogP contribution in [0.15, 0.2) is 54.6 Å². The van der Waals surface area contributed by atoms with Gasteiger partial charge in [-0.3, -0.25) is 4.79 Å². The second-order valence-corrected chi connectivity index (χ2v) is 8.31. The third-order valence-electron chi connectivity index (χ3n) is 5.26.